The fourth-order valence-electron chi connectivity index (χ4n) is 2.52. The van der Waals surface area contributed by atoms with Crippen molar-refractivity contribution >= 4 is 17.2 Å². The van der Waals surface area contributed by atoms with Gasteiger partial charge in [-0.3, -0.25) is 10.2 Å². The molecule has 1 aliphatic rings. The molecule has 2 rings (SSSR count). The number of hydrogen-bond acceptors (Lipinski definition) is 3. The predicted octanol–water partition coefficient (Wildman–Crippen LogP) is 1.68. The zero-order valence-corrected chi connectivity index (χ0v) is 11.0. The van der Waals surface area contributed by atoms with Gasteiger partial charge in [0.1, 0.15) is 0 Å². The average Bonchev–Trinajstić information content (AvgIpc) is 2.33. The number of nitrogens with one attached hydrogen (secondary N) is 1. The van der Waals surface area contributed by atoms with E-state index in [2.05, 4.69) is 43.2 Å². The normalized spacial score (nSPS) is 16.9. The molecule has 1 heterocycles. The van der Waals surface area contributed by atoms with Crippen molar-refractivity contribution in [3.8, 4) is 0 Å². The molecule has 4 nitrogen and oxygen atoms in total. The number of nitrogens with two attached hydrogens (primary N) is 1. The lowest BCUT2D eigenvalue weighted by Crippen LogP contribution is -2.51. The Kier molecular flexibility index (Phi) is 3.13. The summed E-state index contributed by atoms with van der Waals surface area (Å²) < 4.78 is 0. The molecule has 0 fully saturated rings. The van der Waals surface area contributed by atoms with Gasteiger partial charge in [-0.15, -0.1) is 0 Å². The number of fused-ring (bicyclic) bond motifs is 1. The van der Waals surface area contributed by atoms with Crippen LogP contribution < -0.4 is 16.2 Å². The minimum absolute atomic E-state index is 0.189. The summed E-state index contributed by atoms with van der Waals surface area (Å²) in [5, 5.41) is 0. The maximum atomic E-state index is 11.6. The van der Waals surface area contributed by atoms with Gasteiger partial charge in [-0.2, -0.15) is 0 Å². The van der Waals surface area contributed by atoms with Crippen LogP contribution in [0.15, 0.2) is 30.3 Å². The summed E-state index contributed by atoms with van der Waals surface area (Å²) in [5.74, 6) is 4.99. The fourth-order valence-corrected chi connectivity index (χ4v) is 2.52. The van der Waals surface area contributed by atoms with Crippen molar-refractivity contribution in [2.45, 2.75) is 26.3 Å². The first-order valence-corrected chi connectivity index (χ1v) is 6.01. The van der Waals surface area contributed by atoms with E-state index in [1.807, 2.05) is 18.2 Å². The molecule has 0 atom stereocenters. The molecule has 96 valence electrons. The van der Waals surface area contributed by atoms with Gasteiger partial charge in [0, 0.05) is 11.3 Å². The van der Waals surface area contributed by atoms with Gasteiger partial charge in [0.15, 0.2) is 0 Å². The summed E-state index contributed by atoms with van der Waals surface area (Å²) in [4.78, 5) is 13.6. The highest BCUT2D eigenvalue weighted by Gasteiger charge is 2.31. The Labute approximate surface area is 107 Å². The first-order chi connectivity index (χ1) is 8.45. The van der Waals surface area contributed by atoms with Crippen molar-refractivity contribution in [2.75, 3.05) is 11.4 Å². The maximum Gasteiger partial charge on any atom is 0.253 e. The Morgan fingerprint density at radius 2 is 2.06 bits per heavy atom. The average molecular weight is 245 g/mol. The number of carbonyl (C=O) groups is 1. The van der Waals surface area contributed by atoms with Crippen molar-refractivity contribution in [1.29, 1.82) is 0 Å². The van der Waals surface area contributed by atoms with Gasteiger partial charge >= 0.3 is 0 Å². The van der Waals surface area contributed by atoms with Crippen LogP contribution in [0.4, 0.5) is 5.69 Å². The Morgan fingerprint density at radius 1 is 1.39 bits per heavy atom. The summed E-state index contributed by atoms with van der Waals surface area (Å²) >= 11 is 0. The minimum atomic E-state index is -0.203. The molecule has 0 saturated carbocycles. The third kappa shape index (κ3) is 2.11. The topological polar surface area (TPSA) is 58.4 Å². The predicted molar refractivity (Wildman–Crippen MR) is 73.8 cm³/mol. The van der Waals surface area contributed by atoms with E-state index in [4.69, 9.17) is 5.84 Å². The molecule has 0 aromatic heterocycles. The van der Waals surface area contributed by atoms with Crippen molar-refractivity contribution in [2.24, 2.45) is 5.84 Å². The smallest absolute Gasteiger partial charge is 0.253 e. The second-order valence-corrected chi connectivity index (χ2v) is 5.15. The van der Waals surface area contributed by atoms with Crippen LogP contribution >= 0.6 is 0 Å². The number of allylic oxidation sites excluding steroid dienone is 1. The van der Waals surface area contributed by atoms with Crippen LogP contribution in [0.3, 0.4) is 0 Å². The number of carbonyl (C=O) groups excluding carboxylic acids is 1. The van der Waals surface area contributed by atoms with E-state index in [1.54, 1.807) is 0 Å². The summed E-state index contributed by atoms with van der Waals surface area (Å²) in [6, 6.07) is 8.11. The van der Waals surface area contributed by atoms with Crippen LogP contribution in [-0.2, 0) is 4.79 Å². The Bertz CT molecular complexity index is 506. The maximum absolute atomic E-state index is 11.6. The first kappa shape index (κ1) is 12.6. The summed E-state index contributed by atoms with van der Waals surface area (Å²) in [6.07, 6.45) is 2.18. The van der Waals surface area contributed by atoms with E-state index in [-0.39, 0.29) is 18.0 Å². The van der Waals surface area contributed by atoms with Gasteiger partial charge in [-0.25, -0.2) is 5.84 Å². The molecule has 0 bridgehead atoms. The lowest BCUT2D eigenvalue weighted by Gasteiger charge is -2.42. The minimum Gasteiger partial charge on any atom is -0.353 e. The number of amides is 1. The van der Waals surface area contributed by atoms with Gasteiger partial charge in [0.05, 0.1) is 12.1 Å². The fraction of sp³-hybridized carbons (Fsp3) is 0.357. The highest BCUT2D eigenvalue weighted by molar-refractivity contribution is 5.87. The Hall–Kier alpha value is -1.81. The molecule has 18 heavy (non-hydrogen) atoms. The number of nitrogens with zero attached hydrogens (tertiary/aromatic N) is 1. The summed E-state index contributed by atoms with van der Waals surface area (Å²) in [6.45, 7) is 6.54. The lowest BCUT2D eigenvalue weighted by atomic mass is 9.89. The zero-order chi connectivity index (χ0) is 13.3. The highest BCUT2D eigenvalue weighted by Crippen LogP contribution is 2.38. The second-order valence-electron chi connectivity index (χ2n) is 5.15. The molecule has 1 aromatic rings. The molecule has 0 aliphatic carbocycles. The van der Waals surface area contributed by atoms with Crippen LogP contribution in [0, 0.1) is 0 Å². The molecular weight excluding hydrogens is 226 g/mol. The van der Waals surface area contributed by atoms with Gasteiger partial charge in [0.2, 0.25) is 0 Å². The van der Waals surface area contributed by atoms with Crippen LogP contribution in [-0.4, -0.2) is 18.0 Å². The Morgan fingerprint density at radius 3 is 2.72 bits per heavy atom. The molecule has 0 spiro atoms. The number of rotatable bonds is 2. The lowest BCUT2D eigenvalue weighted by molar-refractivity contribution is -0.120. The summed E-state index contributed by atoms with van der Waals surface area (Å²) in [7, 11) is 0. The highest BCUT2D eigenvalue weighted by atomic mass is 16.2. The largest absolute Gasteiger partial charge is 0.353 e. The monoisotopic (exact) mass is 245 g/mol. The van der Waals surface area contributed by atoms with E-state index in [9.17, 15) is 4.79 Å². The quantitative estimate of drug-likeness (QED) is 0.473. The SMILES string of the molecule is CC1=CC(C)(C)N(CC(=O)NN)c2ccccc21. The molecule has 1 aromatic carbocycles. The first-order valence-electron chi connectivity index (χ1n) is 6.01. The molecule has 4 heteroatoms. The molecule has 1 aliphatic heterocycles. The van der Waals surface area contributed by atoms with Gasteiger partial charge in [0.25, 0.3) is 5.91 Å². The number of benzene rings is 1. The standard InChI is InChI=1S/C14H19N3O/c1-10-8-14(2,3)17(9-13(18)16-15)12-7-5-4-6-11(10)12/h4-8H,9,15H2,1-3H3,(H,16,18). The number of anilines is 1. The number of hydrogen-bond donors (Lipinski definition) is 2. The Balaban J connectivity index is 2.47. The van der Waals surface area contributed by atoms with Gasteiger partial charge in [-0.05, 0) is 32.4 Å². The third-order valence-electron chi connectivity index (χ3n) is 3.35. The summed E-state index contributed by atoms with van der Waals surface area (Å²) in [5.41, 5.74) is 5.47. The number of para-hydroxylation sites is 1. The van der Waals surface area contributed by atoms with Crippen LogP contribution in [0.25, 0.3) is 5.57 Å². The van der Waals surface area contributed by atoms with Crippen LogP contribution in [0.5, 0.6) is 0 Å². The van der Waals surface area contributed by atoms with Crippen molar-refractivity contribution in [3.05, 3.63) is 35.9 Å². The van der Waals surface area contributed by atoms with Gasteiger partial charge in [-0.1, -0.05) is 24.3 Å². The van der Waals surface area contributed by atoms with Crippen molar-refractivity contribution < 1.29 is 4.79 Å². The van der Waals surface area contributed by atoms with Crippen LogP contribution in [0.2, 0.25) is 0 Å². The van der Waals surface area contributed by atoms with Crippen molar-refractivity contribution in [1.82, 2.24) is 5.43 Å². The molecule has 0 saturated heterocycles. The van der Waals surface area contributed by atoms with Gasteiger partial charge < -0.3 is 4.90 Å². The van der Waals surface area contributed by atoms with E-state index in [0.29, 0.717) is 0 Å². The number of hydrazine groups is 1. The van der Waals surface area contributed by atoms with Crippen LogP contribution in [0.1, 0.15) is 26.3 Å². The molecule has 1 amide bonds. The second kappa shape index (κ2) is 4.46. The van der Waals surface area contributed by atoms with E-state index < -0.39 is 0 Å². The van der Waals surface area contributed by atoms with E-state index in [0.717, 1.165) is 5.69 Å². The molecular formula is C14H19N3O. The van der Waals surface area contributed by atoms with Crippen molar-refractivity contribution in [3.63, 3.8) is 0 Å². The van der Waals surface area contributed by atoms with E-state index >= 15 is 0 Å². The van der Waals surface area contributed by atoms with E-state index in [1.165, 1.54) is 11.1 Å². The zero-order valence-electron chi connectivity index (χ0n) is 11.0. The molecule has 0 unspecified atom stereocenters. The molecule has 3 N–H and O–H groups in total. The molecule has 0 radical (unpaired) electrons. The third-order valence-corrected chi connectivity index (χ3v) is 3.35.